The largest absolute Gasteiger partial charge is 0.489 e. The Labute approximate surface area is 134 Å². The van der Waals surface area contributed by atoms with Gasteiger partial charge in [-0.15, -0.1) is 0 Å². The highest BCUT2D eigenvalue weighted by molar-refractivity contribution is 8.08. The van der Waals surface area contributed by atoms with Crippen molar-refractivity contribution in [3.05, 3.63) is 29.8 Å². The van der Waals surface area contributed by atoms with Gasteiger partial charge in [-0.3, -0.25) is 9.27 Å². The van der Waals surface area contributed by atoms with Gasteiger partial charge in [-0.25, -0.2) is 8.42 Å². The Kier molecular flexibility index (Phi) is 5.54. The van der Waals surface area contributed by atoms with Crippen molar-refractivity contribution in [1.82, 2.24) is 0 Å². The van der Waals surface area contributed by atoms with Crippen LogP contribution in [0.1, 0.15) is 5.56 Å². The number of alkyl halides is 4. The predicted molar refractivity (Wildman–Crippen MR) is 74.1 cm³/mol. The Morgan fingerprint density at radius 1 is 1.00 bits per heavy atom. The number of halogens is 4. The van der Waals surface area contributed by atoms with Crippen molar-refractivity contribution in [3.8, 4) is 0 Å². The zero-order chi connectivity index (χ0) is 19.0. The molecular formula is C9H9F4NO7S3. The minimum absolute atomic E-state index is 0.195. The van der Waals surface area contributed by atoms with Crippen LogP contribution in [0.15, 0.2) is 24.3 Å². The topological polar surface area (TPSA) is 135 Å². The van der Waals surface area contributed by atoms with Crippen molar-refractivity contribution in [2.24, 2.45) is 0 Å². The van der Waals surface area contributed by atoms with E-state index in [9.17, 15) is 42.8 Å². The monoisotopic (exact) mass is 415 g/mol. The zero-order valence-electron chi connectivity index (χ0n) is 11.2. The summed E-state index contributed by atoms with van der Waals surface area (Å²) in [6.45, 7) is 0. The summed E-state index contributed by atoms with van der Waals surface area (Å²) < 4.78 is 120. The van der Waals surface area contributed by atoms with E-state index in [-0.39, 0.29) is 5.56 Å². The average Bonchev–Trinajstić information content (AvgIpc) is 2.38. The molecule has 0 aliphatic rings. The fraction of sp³-hybridized carbons (Fsp3) is 0.333. The van der Waals surface area contributed by atoms with Crippen molar-refractivity contribution >= 4 is 35.7 Å². The first-order valence-corrected chi connectivity index (χ1v) is 10.2. The van der Waals surface area contributed by atoms with Gasteiger partial charge in [-0.05, 0) is 17.7 Å². The Hall–Kier alpha value is -1.45. The van der Waals surface area contributed by atoms with Crippen LogP contribution in [0.4, 0.5) is 23.2 Å². The summed E-state index contributed by atoms with van der Waals surface area (Å²) in [6, 6.07) is 3.19. The van der Waals surface area contributed by atoms with Crippen LogP contribution in [-0.2, 0) is 35.7 Å². The first-order valence-electron chi connectivity index (χ1n) is 5.56. The second kappa shape index (κ2) is 6.45. The molecule has 24 heavy (non-hydrogen) atoms. The summed E-state index contributed by atoms with van der Waals surface area (Å²) in [5.74, 6) is -4.72. The number of sulfonamides is 1. The van der Waals surface area contributed by atoms with Gasteiger partial charge in [0.15, 0.2) is 0 Å². The van der Waals surface area contributed by atoms with E-state index in [0.717, 1.165) is 29.0 Å². The summed E-state index contributed by atoms with van der Waals surface area (Å²) in [7, 11) is -16.9. The molecule has 0 amide bonds. The first kappa shape index (κ1) is 20.6. The minimum Gasteiger partial charge on any atom is -0.280 e. The molecule has 0 bridgehead atoms. The quantitative estimate of drug-likeness (QED) is 0.501. The number of rotatable bonds is 7. The molecule has 0 spiro atoms. The third-order valence-electron chi connectivity index (χ3n) is 2.46. The van der Waals surface area contributed by atoms with E-state index < -0.39 is 51.8 Å². The molecule has 0 saturated heterocycles. The van der Waals surface area contributed by atoms with Gasteiger partial charge in [0, 0.05) is 5.69 Å². The van der Waals surface area contributed by atoms with E-state index in [4.69, 9.17) is 4.55 Å². The van der Waals surface area contributed by atoms with Crippen LogP contribution in [0, 0.1) is 0 Å². The highest BCUT2D eigenvalue weighted by Gasteiger charge is 2.57. The van der Waals surface area contributed by atoms with E-state index in [2.05, 4.69) is 0 Å². The van der Waals surface area contributed by atoms with Crippen molar-refractivity contribution in [2.75, 3.05) is 4.72 Å². The normalized spacial score (nSPS) is 13.9. The Bertz CT molecular complexity index is 908. The van der Waals surface area contributed by atoms with E-state index in [1.807, 2.05) is 0 Å². The summed E-state index contributed by atoms with van der Waals surface area (Å²) in [5.41, 5.74) is -0.809. The maximum absolute atomic E-state index is 13.1. The Morgan fingerprint density at radius 2 is 1.46 bits per heavy atom. The molecule has 0 fully saturated rings. The number of sulfone groups is 1. The van der Waals surface area contributed by atoms with E-state index >= 15 is 0 Å². The van der Waals surface area contributed by atoms with Gasteiger partial charge in [-0.1, -0.05) is 12.1 Å². The van der Waals surface area contributed by atoms with Crippen molar-refractivity contribution in [3.63, 3.8) is 0 Å². The molecule has 0 saturated carbocycles. The van der Waals surface area contributed by atoms with Crippen LogP contribution in [0.25, 0.3) is 0 Å². The average molecular weight is 415 g/mol. The number of benzene rings is 1. The number of anilines is 1. The number of nitrogens with one attached hydrogen (secondary N) is 1. The molecule has 0 unspecified atom stereocenters. The van der Waals surface area contributed by atoms with Crippen LogP contribution >= 0.6 is 0 Å². The summed E-state index contributed by atoms with van der Waals surface area (Å²) >= 11 is 0. The molecular weight excluding hydrogens is 406 g/mol. The second-order valence-corrected chi connectivity index (χ2v) is 9.72. The molecule has 138 valence electrons. The van der Waals surface area contributed by atoms with Gasteiger partial charge in [0.05, 0.1) is 5.75 Å². The van der Waals surface area contributed by atoms with Gasteiger partial charge in [-0.2, -0.15) is 34.4 Å². The van der Waals surface area contributed by atoms with Crippen LogP contribution in [-0.4, -0.2) is 40.2 Å². The smallest absolute Gasteiger partial charge is 0.280 e. The molecule has 0 heterocycles. The SMILES string of the molecule is O=S(=O)(Cc1ccc(NS(=O)(=O)C(F)(F)S(=O)(=O)O)cc1)C(F)F. The molecule has 0 aliphatic carbocycles. The third-order valence-corrected chi connectivity index (χ3v) is 6.76. The Balaban J connectivity index is 3.04. The summed E-state index contributed by atoms with van der Waals surface area (Å²) in [6.07, 6.45) is 0. The van der Waals surface area contributed by atoms with Gasteiger partial charge >= 0.3 is 30.5 Å². The molecule has 0 aliphatic heterocycles. The lowest BCUT2D eigenvalue weighted by molar-refractivity contribution is 0.167. The molecule has 8 nitrogen and oxygen atoms in total. The second-order valence-electron chi connectivity index (χ2n) is 4.31. The van der Waals surface area contributed by atoms with Crippen LogP contribution < -0.4 is 4.72 Å². The fourth-order valence-corrected chi connectivity index (χ4v) is 3.90. The van der Waals surface area contributed by atoms with E-state index in [0.29, 0.717) is 0 Å². The maximum Gasteiger partial charge on any atom is 0.489 e. The minimum atomic E-state index is -6.27. The molecule has 1 aromatic rings. The summed E-state index contributed by atoms with van der Waals surface area (Å²) in [4.78, 5) is 0. The summed E-state index contributed by atoms with van der Waals surface area (Å²) in [5, 5.41) is 0. The molecule has 0 radical (unpaired) electrons. The highest BCUT2D eigenvalue weighted by Crippen LogP contribution is 2.29. The van der Waals surface area contributed by atoms with Crippen LogP contribution in [0.3, 0.4) is 0 Å². The molecule has 1 rings (SSSR count). The van der Waals surface area contributed by atoms with Crippen LogP contribution in [0.5, 0.6) is 0 Å². The van der Waals surface area contributed by atoms with Crippen LogP contribution in [0.2, 0.25) is 0 Å². The molecule has 2 N–H and O–H groups in total. The van der Waals surface area contributed by atoms with E-state index in [1.165, 1.54) is 0 Å². The Morgan fingerprint density at radius 3 is 1.83 bits per heavy atom. The van der Waals surface area contributed by atoms with Crippen molar-refractivity contribution in [1.29, 1.82) is 0 Å². The molecule has 1 aromatic carbocycles. The van der Waals surface area contributed by atoms with Crippen molar-refractivity contribution in [2.45, 2.75) is 16.1 Å². The fourth-order valence-electron chi connectivity index (χ4n) is 1.32. The number of hydrogen-bond acceptors (Lipinski definition) is 6. The standard InChI is InChI=1S/C9H9F4NO7S3/c10-8(11)22(15,16)5-6-1-3-7(4-2-6)14-23(17,18)9(12,13)24(19,20)21/h1-4,8,14H,5H2,(H,19,20,21). The maximum atomic E-state index is 13.1. The lowest BCUT2D eigenvalue weighted by Crippen LogP contribution is -2.41. The lowest BCUT2D eigenvalue weighted by atomic mass is 10.2. The molecule has 0 aromatic heterocycles. The van der Waals surface area contributed by atoms with Gasteiger partial charge in [0.1, 0.15) is 0 Å². The van der Waals surface area contributed by atoms with E-state index in [1.54, 1.807) is 0 Å². The lowest BCUT2D eigenvalue weighted by Gasteiger charge is -2.15. The first-order chi connectivity index (χ1) is 10.6. The van der Waals surface area contributed by atoms with Gasteiger partial charge in [0.25, 0.3) is 0 Å². The predicted octanol–water partition coefficient (Wildman–Crippen LogP) is 1.00. The molecule has 0 atom stereocenters. The van der Waals surface area contributed by atoms with Gasteiger partial charge < -0.3 is 0 Å². The third kappa shape index (κ3) is 4.34. The zero-order valence-corrected chi connectivity index (χ0v) is 13.7. The van der Waals surface area contributed by atoms with Crippen molar-refractivity contribution < 1.29 is 47.4 Å². The highest BCUT2D eigenvalue weighted by atomic mass is 32.3. The molecule has 15 heteroatoms. The number of hydrogen-bond donors (Lipinski definition) is 2. The van der Waals surface area contributed by atoms with Gasteiger partial charge in [0.2, 0.25) is 9.84 Å².